The van der Waals surface area contributed by atoms with Crippen LogP contribution in [0.25, 0.3) is 0 Å². The molecule has 1 unspecified atom stereocenters. The number of nitro benzene ring substituents is 1. The molecule has 0 heterocycles. The first-order valence-electron chi connectivity index (χ1n) is 9.43. The first kappa shape index (κ1) is 22.6. The molecule has 8 nitrogen and oxygen atoms in total. The highest BCUT2D eigenvalue weighted by atomic mass is 35.5. The summed E-state index contributed by atoms with van der Waals surface area (Å²) in [4.78, 5) is 23.4. The fourth-order valence-corrected chi connectivity index (χ4v) is 3.11. The van der Waals surface area contributed by atoms with Gasteiger partial charge >= 0.3 is 5.69 Å². The zero-order valence-corrected chi connectivity index (χ0v) is 17.9. The highest BCUT2D eigenvalue weighted by molar-refractivity contribution is 6.30. The summed E-state index contributed by atoms with van der Waals surface area (Å²) in [6.07, 6.45) is 0. The fraction of sp³-hybridized carbons (Fsp3) is 0.130. The molecule has 0 fully saturated rings. The number of nitrogens with zero attached hydrogens (tertiary/aromatic N) is 2. The number of carbonyl (C=O) groups excluding carboxylic acids is 1. The minimum atomic E-state index is -0.597. The normalized spacial score (nSPS) is 11.2. The van der Waals surface area contributed by atoms with Crippen molar-refractivity contribution in [3.05, 3.63) is 92.5 Å². The van der Waals surface area contributed by atoms with Crippen LogP contribution in [-0.4, -0.2) is 17.9 Å². The third kappa shape index (κ3) is 5.14. The first-order chi connectivity index (χ1) is 15.3. The summed E-state index contributed by atoms with van der Waals surface area (Å²) >= 11 is 5.84. The lowest BCUT2D eigenvalue weighted by molar-refractivity contribution is -0.385. The Hall–Kier alpha value is -4.09. The maximum atomic E-state index is 12.7. The molecule has 0 aliphatic rings. The van der Waals surface area contributed by atoms with Crippen LogP contribution in [0.3, 0.4) is 0 Å². The lowest BCUT2D eigenvalue weighted by Gasteiger charge is -2.16. The van der Waals surface area contributed by atoms with Gasteiger partial charge in [0.2, 0.25) is 5.75 Å². The van der Waals surface area contributed by atoms with Crippen LogP contribution in [0.4, 0.5) is 5.69 Å². The molecule has 162 valence electrons. The fourth-order valence-electron chi connectivity index (χ4n) is 2.94. The minimum absolute atomic E-state index is 0.00987. The largest absolute Gasteiger partial charge is 0.493 e. The third-order valence-electron chi connectivity index (χ3n) is 4.65. The highest BCUT2D eigenvalue weighted by Crippen LogP contribution is 2.38. The van der Waals surface area contributed by atoms with Gasteiger partial charge in [0.15, 0.2) is 11.5 Å². The van der Waals surface area contributed by atoms with Crippen molar-refractivity contribution in [1.29, 1.82) is 5.26 Å². The molecule has 0 aromatic heterocycles. The quantitative estimate of drug-likeness (QED) is 0.379. The number of carbonyl (C=O) groups is 1. The van der Waals surface area contributed by atoms with Crippen molar-refractivity contribution in [2.24, 2.45) is 0 Å². The third-order valence-corrected chi connectivity index (χ3v) is 4.89. The molecular formula is C23H18ClN3O5. The molecule has 1 atom stereocenters. The monoisotopic (exact) mass is 451 g/mol. The number of halogens is 1. The first-order valence-corrected chi connectivity index (χ1v) is 9.81. The van der Waals surface area contributed by atoms with Gasteiger partial charge in [0.25, 0.3) is 5.91 Å². The Morgan fingerprint density at radius 3 is 2.41 bits per heavy atom. The highest BCUT2D eigenvalue weighted by Gasteiger charge is 2.19. The summed E-state index contributed by atoms with van der Waals surface area (Å²) in [6.45, 7) is 1.83. The van der Waals surface area contributed by atoms with Crippen LogP contribution in [0.15, 0.2) is 60.7 Å². The van der Waals surface area contributed by atoms with Crippen molar-refractivity contribution in [2.45, 2.75) is 13.0 Å². The topological polar surface area (TPSA) is 114 Å². The molecule has 0 radical (unpaired) electrons. The SMILES string of the molecule is COc1cc(C(=O)NC(C)c2ccc(C#N)cc2)ccc1Oc1ccc(Cl)cc1[N+](=O)[O-]. The van der Waals surface area contributed by atoms with E-state index in [1.54, 1.807) is 24.3 Å². The van der Waals surface area contributed by atoms with Crippen LogP contribution in [0.2, 0.25) is 5.02 Å². The predicted octanol–water partition coefficient (Wildman–Crippen LogP) is 5.41. The summed E-state index contributed by atoms with van der Waals surface area (Å²) < 4.78 is 11.0. The van der Waals surface area contributed by atoms with Gasteiger partial charge < -0.3 is 14.8 Å². The van der Waals surface area contributed by atoms with Crippen molar-refractivity contribution >= 4 is 23.2 Å². The molecule has 0 aliphatic heterocycles. The van der Waals surface area contributed by atoms with E-state index in [4.69, 9.17) is 26.3 Å². The Balaban J connectivity index is 1.79. The molecule has 0 saturated heterocycles. The summed E-state index contributed by atoms with van der Waals surface area (Å²) in [5, 5.41) is 23.3. The smallest absolute Gasteiger partial charge is 0.313 e. The van der Waals surface area contributed by atoms with Crippen LogP contribution in [-0.2, 0) is 0 Å². The lowest BCUT2D eigenvalue weighted by Crippen LogP contribution is -2.26. The minimum Gasteiger partial charge on any atom is -0.493 e. The zero-order chi connectivity index (χ0) is 23.3. The Bertz CT molecular complexity index is 1210. The maximum Gasteiger partial charge on any atom is 0.313 e. The van der Waals surface area contributed by atoms with E-state index >= 15 is 0 Å². The van der Waals surface area contributed by atoms with E-state index in [0.717, 1.165) is 5.56 Å². The second-order valence-electron chi connectivity index (χ2n) is 6.77. The van der Waals surface area contributed by atoms with Gasteiger partial charge in [-0.1, -0.05) is 23.7 Å². The Morgan fingerprint density at radius 1 is 1.09 bits per heavy atom. The Labute approximate surface area is 189 Å². The maximum absolute atomic E-state index is 12.7. The van der Waals surface area contributed by atoms with E-state index in [0.29, 0.717) is 11.1 Å². The number of nitrogens with one attached hydrogen (secondary N) is 1. The molecule has 9 heteroatoms. The van der Waals surface area contributed by atoms with Gasteiger partial charge in [-0.25, -0.2) is 0 Å². The average molecular weight is 452 g/mol. The second-order valence-corrected chi connectivity index (χ2v) is 7.20. The average Bonchev–Trinajstić information content (AvgIpc) is 2.80. The Kier molecular flexibility index (Phi) is 6.93. The van der Waals surface area contributed by atoms with Crippen molar-refractivity contribution in [3.8, 4) is 23.3 Å². The van der Waals surface area contributed by atoms with E-state index in [1.807, 2.05) is 6.92 Å². The van der Waals surface area contributed by atoms with Gasteiger partial charge in [0.1, 0.15) is 0 Å². The molecule has 0 saturated carbocycles. The molecular weight excluding hydrogens is 434 g/mol. The van der Waals surface area contributed by atoms with Crippen LogP contribution in [0.1, 0.15) is 34.5 Å². The van der Waals surface area contributed by atoms with Crippen LogP contribution in [0, 0.1) is 21.4 Å². The summed E-state index contributed by atoms with van der Waals surface area (Å²) in [5.74, 6) is 0.0797. The summed E-state index contributed by atoms with van der Waals surface area (Å²) in [5.41, 5.74) is 1.41. The number of rotatable bonds is 7. The number of hydrogen-bond acceptors (Lipinski definition) is 6. The van der Waals surface area contributed by atoms with Crippen LogP contribution < -0.4 is 14.8 Å². The summed E-state index contributed by atoms with van der Waals surface area (Å²) in [7, 11) is 1.40. The van der Waals surface area contributed by atoms with Gasteiger partial charge in [-0.05, 0) is 55.0 Å². The molecule has 3 aromatic rings. The van der Waals surface area contributed by atoms with Gasteiger partial charge in [-0.3, -0.25) is 14.9 Å². The number of hydrogen-bond donors (Lipinski definition) is 1. The zero-order valence-electron chi connectivity index (χ0n) is 17.2. The number of nitriles is 1. The van der Waals surface area contributed by atoms with E-state index in [2.05, 4.69) is 11.4 Å². The van der Waals surface area contributed by atoms with E-state index in [1.165, 1.54) is 43.5 Å². The molecule has 3 rings (SSSR count). The summed E-state index contributed by atoms with van der Waals surface area (Å²) in [6, 6.07) is 17.2. The number of methoxy groups -OCH3 is 1. The van der Waals surface area contributed by atoms with Gasteiger partial charge in [-0.15, -0.1) is 0 Å². The number of amides is 1. The number of nitro groups is 1. The second kappa shape index (κ2) is 9.81. The predicted molar refractivity (Wildman–Crippen MR) is 118 cm³/mol. The lowest BCUT2D eigenvalue weighted by atomic mass is 10.1. The van der Waals surface area contributed by atoms with Crippen molar-refractivity contribution in [2.75, 3.05) is 7.11 Å². The van der Waals surface area contributed by atoms with E-state index in [9.17, 15) is 14.9 Å². The molecule has 1 amide bonds. The molecule has 32 heavy (non-hydrogen) atoms. The number of benzene rings is 3. The van der Waals surface area contributed by atoms with E-state index < -0.39 is 4.92 Å². The van der Waals surface area contributed by atoms with Crippen molar-refractivity contribution in [1.82, 2.24) is 5.32 Å². The Morgan fingerprint density at radius 2 is 1.78 bits per heavy atom. The molecule has 3 aromatic carbocycles. The molecule has 0 aliphatic carbocycles. The molecule has 0 spiro atoms. The molecule has 1 N–H and O–H groups in total. The van der Waals surface area contributed by atoms with Gasteiger partial charge in [0.05, 0.1) is 29.7 Å². The van der Waals surface area contributed by atoms with Gasteiger partial charge in [0, 0.05) is 16.7 Å². The number of ether oxygens (including phenoxy) is 2. The van der Waals surface area contributed by atoms with Crippen LogP contribution >= 0.6 is 11.6 Å². The standard InChI is InChI=1S/C23H18ClN3O5/c1-14(16-5-3-15(13-25)4-6-16)26-23(28)17-7-9-21(22(11-17)31-2)32-20-10-8-18(24)12-19(20)27(29)30/h3-12,14H,1-2H3,(H,26,28). The van der Waals surface area contributed by atoms with Crippen molar-refractivity contribution < 1.29 is 19.2 Å². The molecule has 0 bridgehead atoms. The van der Waals surface area contributed by atoms with Crippen molar-refractivity contribution in [3.63, 3.8) is 0 Å². The van der Waals surface area contributed by atoms with Gasteiger partial charge in [-0.2, -0.15) is 5.26 Å². The van der Waals surface area contributed by atoms with Crippen LogP contribution in [0.5, 0.6) is 17.2 Å². The van der Waals surface area contributed by atoms with E-state index in [-0.39, 0.29) is 39.9 Å².